The van der Waals surface area contributed by atoms with Crippen LogP contribution in [0.2, 0.25) is 0 Å². The highest BCUT2D eigenvalue weighted by atomic mass is 16.5. The van der Waals surface area contributed by atoms with Crippen molar-refractivity contribution >= 4 is 23.3 Å². The molecule has 3 aliphatic carbocycles. The minimum Gasteiger partial charge on any atom is -0.506 e. The molecule has 1 spiro atoms. The van der Waals surface area contributed by atoms with Crippen molar-refractivity contribution in [1.29, 1.82) is 0 Å². The number of ether oxygens (including phenoxy) is 1. The number of aromatic hydroxyl groups is 2. The Balaban J connectivity index is 1.36. The number of hydrogen-bond acceptors (Lipinski definition) is 6. The van der Waals surface area contributed by atoms with Crippen LogP contribution in [0.4, 0.5) is 5.69 Å². The molecule has 1 amide bonds. The average Bonchev–Trinajstić information content (AvgIpc) is 3.08. The molecule has 170 valence electrons. The zero-order valence-corrected chi connectivity index (χ0v) is 18.1. The highest BCUT2D eigenvalue weighted by Gasteiger charge is 2.71. The number of carbonyl (C=O) groups is 3. The van der Waals surface area contributed by atoms with Gasteiger partial charge in [-0.2, -0.15) is 0 Å². The summed E-state index contributed by atoms with van der Waals surface area (Å²) < 4.78 is 6.41. The molecular formula is C24H27NO7. The molecule has 6 rings (SSSR count). The van der Waals surface area contributed by atoms with Crippen LogP contribution in [0.15, 0.2) is 24.3 Å². The zero-order valence-electron chi connectivity index (χ0n) is 18.1. The van der Waals surface area contributed by atoms with Crippen molar-refractivity contribution in [3.8, 4) is 11.5 Å². The molecule has 4 fully saturated rings. The van der Waals surface area contributed by atoms with Crippen molar-refractivity contribution in [2.45, 2.75) is 57.7 Å². The quantitative estimate of drug-likeness (QED) is 0.514. The molecule has 0 aromatic heterocycles. The van der Waals surface area contributed by atoms with E-state index in [1.807, 2.05) is 6.92 Å². The number of carboxylic acid groups (broad SMARTS) is 1. The van der Waals surface area contributed by atoms with Gasteiger partial charge < -0.3 is 25.4 Å². The fourth-order valence-corrected chi connectivity index (χ4v) is 7.09. The number of carboxylic acids is 1. The van der Waals surface area contributed by atoms with E-state index in [9.17, 15) is 24.6 Å². The van der Waals surface area contributed by atoms with Crippen LogP contribution in [0, 0.1) is 22.7 Å². The molecule has 6 atom stereocenters. The first-order valence-corrected chi connectivity index (χ1v) is 11.0. The molecule has 1 aromatic rings. The van der Waals surface area contributed by atoms with Gasteiger partial charge in [-0.15, -0.1) is 0 Å². The van der Waals surface area contributed by atoms with Crippen LogP contribution < -0.4 is 5.32 Å². The van der Waals surface area contributed by atoms with Crippen LogP contribution in [0.3, 0.4) is 0 Å². The van der Waals surface area contributed by atoms with Gasteiger partial charge in [-0.3, -0.25) is 9.59 Å². The predicted molar refractivity (Wildman–Crippen MR) is 113 cm³/mol. The molecule has 1 aromatic carbocycles. The topological polar surface area (TPSA) is 133 Å². The Morgan fingerprint density at radius 3 is 2.69 bits per heavy atom. The predicted octanol–water partition coefficient (Wildman–Crippen LogP) is 3.23. The van der Waals surface area contributed by atoms with E-state index in [2.05, 4.69) is 18.3 Å². The largest absolute Gasteiger partial charge is 0.506 e. The van der Waals surface area contributed by atoms with Gasteiger partial charge >= 0.3 is 5.97 Å². The Bertz CT molecular complexity index is 1080. The van der Waals surface area contributed by atoms with Crippen LogP contribution in [-0.4, -0.2) is 44.7 Å². The summed E-state index contributed by atoms with van der Waals surface area (Å²) >= 11 is 0. The fraction of sp³-hybridized carbons (Fsp3) is 0.542. The SMILES string of the molecule is C[C@@]1(CCC(=O)Nc2c(O)[13cH]c[13c](C(=O)O)c2O)C(=O)C=C[C@]23C[C@H]4C[C@H](O[C@@]4(C)C2)C31. The van der Waals surface area contributed by atoms with E-state index in [1.165, 1.54) is 0 Å². The van der Waals surface area contributed by atoms with Gasteiger partial charge in [0.15, 0.2) is 11.5 Å². The summed E-state index contributed by atoms with van der Waals surface area (Å²) in [5.41, 5.74) is -1.75. The molecule has 32 heavy (non-hydrogen) atoms. The van der Waals surface area contributed by atoms with Crippen LogP contribution in [-0.2, 0) is 14.3 Å². The summed E-state index contributed by atoms with van der Waals surface area (Å²) in [7, 11) is 0. The number of ketones is 1. The second-order valence-corrected chi connectivity index (χ2v) is 10.3. The molecule has 1 unspecified atom stereocenters. The van der Waals surface area contributed by atoms with Gasteiger partial charge in [-0.25, -0.2) is 4.79 Å². The minimum atomic E-state index is -1.38. The van der Waals surface area contributed by atoms with Crippen molar-refractivity contribution in [2.75, 3.05) is 5.32 Å². The number of aromatic carboxylic acids is 1. The summed E-state index contributed by atoms with van der Waals surface area (Å²) in [4.78, 5) is 37.0. The van der Waals surface area contributed by atoms with E-state index in [4.69, 9.17) is 9.84 Å². The highest BCUT2D eigenvalue weighted by molar-refractivity contribution is 6.00. The fourth-order valence-electron chi connectivity index (χ4n) is 7.09. The van der Waals surface area contributed by atoms with Crippen molar-refractivity contribution in [3.05, 3.63) is 29.8 Å². The van der Waals surface area contributed by atoms with Gasteiger partial charge in [0.1, 0.15) is 17.0 Å². The normalized spacial score (nSPS) is 38.7. The third-order valence-electron chi connectivity index (χ3n) is 8.44. The van der Waals surface area contributed by atoms with E-state index in [0.717, 1.165) is 31.4 Å². The Labute approximate surface area is 185 Å². The first-order chi connectivity index (χ1) is 15.0. The van der Waals surface area contributed by atoms with Gasteiger partial charge in [-0.05, 0) is 62.1 Å². The van der Waals surface area contributed by atoms with Crippen molar-refractivity contribution in [2.24, 2.45) is 22.7 Å². The van der Waals surface area contributed by atoms with Crippen LogP contribution in [0.25, 0.3) is 0 Å². The van der Waals surface area contributed by atoms with Crippen molar-refractivity contribution < 1.29 is 34.4 Å². The lowest BCUT2D eigenvalue weighted by Gasteiger charge is -2.55. The van der Waals surface area contributed by atoms with Gasteiger partial charge in [0.25, 0.3) is 0 Å². The molecule has 2 aliphatic heterocycles. The Morgan fingerprint density at radius 1 is 1.25 bits per heavy atom. The van der Waals surface area contributed by atoms with Crippen LogP contribution in [0.5, 0.6) is 11.5 Å². The summed E-state index contributed by atoms with van der Waals surface area (Å²) in [6, 6.07) is 2.16. The second-order valence-electron chi connectivity index (χ2n) is 10.3. The van der Waals surface area contributed by atoms with Gasteiger partial charge in [0, 0.05) is 17.8 Å². The zero-order chi connectivity index (χ0) is 23.1. The smallest absolute Gasteiger partial charge is 0.339 e. The molecule has 4 bridgehead atoms. The molecule has 5 aliphatic rings. The van der Waals surface area contributed by atoms with E-state index >= 15 is 0 Å². The number of nitrogens with one attached hydrogen (secondary N) is 1. The maximum absolute atomic E-state index is 13.1. The Hall–Kier alpha value is -2.87. The number of phenolic OH excluding ortho intramolecular Hbond substituents is 1. The molecule has 0 radical (unpaired) electrons. The van der Waals surface area contributed by atoms with Gasteiger partial charge in [-0.1, -0.05) is 13.0 Å². The molecule has 8 heteroatoms. The Kier molecular flexibility index (Phi) is 4.31. The number of phenols is 2. The number of rotatable bonds is 5. The number of hydrogen-bond donors (Lipinski definition) is 4. The number of benzene rings is 1. The monoisotopic (exact) mass is 443 g/mol. The lowest BCUT2D eigenvalue weighted by atomic mass is 9.51. The highest BCUT2D eigenvalue weighted by Crippen LogP contribution is 2.71. The van der Waals surface area contributed by atoms with Crippen molar-refractivity contribution in [3.63, 3.8) is 0 Å². The molecule has 2 saturated heterocycles. The average molecular weight is 443 g/mol. The summed E-state index contributed by atoms with van der Waals surface area (Å²) in [5, 5.41) is 31.7. The molecule has 8 nitrogen and oxygen atoms in total. The van der Waals surface area contributed by atoms with E-state index in [0.29, 0.717) is 5.92 Å². The maximum atomic E-state index is 13.1. The summed E-state index contributed by atoms with van der Waals surface area (Å²) in [6.45, 7) is 4.08. The first kappa shape index (κ1) is 21.0. The second kappa shape index (κ2) is 6.57. The van der Waals surface area contributed by atoms with Crippen LogP contribution >= 0.6 is 0 Å². The number of amides is 1. The van der Waals surface area contributed by atoms with E-state index in [1.54, 1.807) is 6.08 Å². The third kappa shape index (κ3) is 2.75. The van der Waals surface area contributed by atoms with Crippen molar-refractivity contribution in [1.82, 2.24) is 0 Å². The maximum Gasteiger partial charge on any atom is 0.339 e. The summed E-state index contributed by atoms with van der Waals surface area (Å²) in [6.07, 6.45) is 6.86. The Morgan fingerprint density at radius 2 is 2.00 bits per heavy atom. The minimum absolute atomic E-state index is 0.00395. The van der Waals surface area contributed by atoms with Crippen LogP contribution in [0.1, 0.15) is 56.3 Å². The van der Waals surface area contributed by atoms with Gasteiger partial charge in [0.2, 0.25) is 5.91 Å². The summed E-state index contributed by atoms with van der Waals surface area (Å²) in [5.74, 6) is -2.55. The lowest BCUT2D eigenvalue weighted by Crippen LogP contribution is -2.56. The molecule has 2 saturated carbocycles. The van der Waals surface area contributed by atoms with E-state index in [-0.39, 0.29) is 47.4 Å². The number of allylic oxidation sites excluding steroid dienone is 2. The third-order valence-corrected chi connectivity index (χ3v) is 8.44. The lowest BCUT2D eigenvalue weighted by molar-refractivity contribution is -0.169. The number of anilines is 1. The first-order valence-electron chi connectivity index (χ1n) is 11.0. The van der Waals surface area contributed by atoms with Gasteiger partial charge in [0.05, 0.1) is 11.7 Å². The molecule has 4 N–H and O–H groups in total. The molecular weight excluding hydrogens is 416 g/mol. The number of carbonyl (C=O) groups excluding carboxylic acids is 2. The van der Waals surface area contributed by atoms with E-state index < -0.39 is 34.4 Å². The standard InChI is InChI=1S/C24H27NO7/c1-22(7-6-17(28)25-18-14(26)4-3-13(19(18)29)21(30)31)16(27)5-8-24-10-12-9-15(20(22)24)32-23(12,2)11-24/h3-5,8,12,15,20,26,29H,6-7,9-11H2,1-2H3,(H,25,28)(H,30,31)/t12-,15+,20?,22-,23+,24+/m1/s1/i4+1,13+1. The molecule has 2 heterocycles.